The molecule has 5 heteroatoms. The van der Waals surface area contributed by atoms with Crippen LogP contribution in [0.15, 0.2) is 47.2 Å². The molecule has 0 N–H and O–H groups in total. The summed E-state index contributed by atoms with van der Waals surface area (Å²) < 4.78 is 1.05. The minimum absolute atomic E-state index is 0.736. The number of rotatable bonds is 2. The smallest absolute Gasteiger partial charge is 0.163 e. The van der Waals surface area contributed by atoms with Crippen molar-refractivity contribution in [2.45, 2.75) is 6.42 Å². The minimum Gasteiger partial charge on any atom is -0.356 e. The molecule has 104 valence electrons. The molecule has 21 heavy (non-hydrogen) atoms. The van der Waals surface area contributed by atoms with E-state index in [1.54, 1.807) is 12.4 Å². The van der Waals surface area contributed by atoms with Crippen molar-refractivity contribution in [3.8, 4) is 11.4 Å². The van der Waals surface area contributed by atoms with E-state index in [9.17, 15) is 0 Å². The third-order valence-corrected chi connectivity index (χ3v) is 4.21. The normalized spacial score (nSPS) is 14.2. The molecular formula is C16H13BrN4. The van der Waals surface area contributed by atoms with Gasteiger partial charge in [-0.1, -0.05) is 15.9 Å². The van der Waals surface area contributed by atoms with E-state index < -0.39 is 0 Å². The number of nitrogens with zero attached hydrogens (tertiary/aromatic N) is 4. The van der Waals surface area contributed by atoms with Crippen LogP contribution in [0.3, 0.4) is 0 Å². The van der Waals surface area contributed by atoms with E-state index in [0.717, 1.165) is 45.7 Å². The Balaban J connectivity index is 1.95. The van der Waals surface area contributed by atoms with Crippen LogP contribution in [-0.4, -0.2) is 28.0 Å². The summed E-state index contributed by atoms with van der Waals surface area (Å²) in [4.78, 5) is 15.9. The SMILES string of the molecule is Brc1ccc2nc(-c3cccnc3)nc(N3CCC3)c2c1. The van der Waals surface area contributed by atoms with Crippen LogP contribution >= 0.6 is 15.9 Å². The van der Waals surface area contributed by atoms with Gasteiger partial charge in [-0.25, -0.2) is 9.97 Å². The van der Waals surface area contributed by atoms with Crippen LogP contribution in [-0.2, 0) is 0 Å². The quantitative estimate of drug-likeness (QED) is 0.713. The second-order valence-electron chi connectivity index (χ2n) is 5.11. The largest absolute Gasteiger partial charge is 0.356 e. The molecule has 0 radical (unpaired) electrons. The number of aromatic nitrogens is 3. The predicted octanol–water partition coefficient (Wildman–Crippen LogP) is 3.66. The zero-order valence-corrected chi connectivity index (χ0v) is 12.9. The topological polar surface area (TPSA) is 41.9 Å². The second kappa shape index (κ2) is 5.07. The molecule has 4 rings (SSSR count). The summed E-state index contributed by atoms with van der Waals surface area (Å²) in [6.07, 6.45) is 4.79. The highest BCUT2D eigenvalue weighted by atomic mass is 79.9. The van der Waals surface area contributed by atoms with Crippen molar-refractivity contribution < 1.29 is 0 Å². The Bertz CT molecular complexity index is 800. The Morgan fingerprint density at radius 2 is 2.00 bits per heavy atom. The maximum Gasteiger partial charge on any atom is 0.163 e. The summed E-state index contributed by atoms with van der Waals surface area (Å²) in [6.45, 7) is 2.12. The number of pyridine rings is 1. The average molecular weight is 341 g/mol. The third-order valence-electron chi connectivity index (χ3n) is 3.71. The van der Waals surface area contributed by atoms with Gasteiger partial charge in [-0.3, -0.25) is 4.98 Å². The van der Waals surface area contributed by atoms with Gasteiger partial charge >= 0.3 is 0 Å². The van der Waals surface area contributed by atoms with Gasteiger partial charge in [0.2, 0.25) is 0 Å². The molecule has 1 saturated heterocycles. The van der Waals surface area contributed by atoms with Crippen LogP contribution in [0, 0.1) is 0 Å². The number of hydrogen-bond donors (Lipinski definition) is 0. The van der Waals surface area contributed by atoms with E-state index in [2.05, 4.69) is 36.9 Å². The summed E-state index contributed by atoms with van der Waals surface area (Å²) in [5.74, 6) is 1.76. The van der Waals surface area contributed by atoms with Gasteiger partial charge in [0.15, 0.2) is 5.82 Å². The molecule has 1 fully saturated rings. The number of hydrogen-bond acceptors (Lipinski definition) is 4. The molecule has 0 spiro atoms. The van der Waals surface area contributed by atoms with Crippen LogP contribution < -0.4 is 4.90 Å². The lowest BCUT2D eigenvalue weighted by atomic mass is 10.1. The highest BCUT2D eigenvalue weighted by Gasteiger charge is 2.20. The lowest BCUT2D eigenvalue weighted by Crippen LogP contribution is -2.37. The Morgan fingerprint density at radius 1 is 1.10 bits per heavy atom. The predicted molar refractivity (Wildman–Crippen MR) is 87.3 cm³/mol. The molecule has 0 amide bonds. The molecule has 0 aliphatic carbocycles. The highest BCUT2D eigenvalue weighted by molar-refractivity contribution is 9.10. The van der Waals surface area contributed by atoms with Crippen molar-refractivity contribution in [3.63, 3.8) is 0 Å². The number of benzene rings is 1. The molecule has 1 aromatic carbocycles. The lowest BCUT2D eigenvalue weighted by Gasteiger charge is -2.33. The summed E-state index contributed by atoms with van der Waals surface area (Å²) in [6, 6.07) is 10.0. The van der Waals surface area contributed by atoms with Crippen LogP contribution in [0.1, 0.15) is 6.42 Å². The first-order valence-corrected chi connectivity index (χ1v) is 7.73. The molecule has 2 aromatic heterocycles. The van der Waals surface area contributed by atoms with Gasteiger partial charge in [0.05, 0.1) is 5.52 Å². The fourth-order valence-electron chi connectivity index (χ4n) is 2.48. The standard InChI is InChI=1S/C16H13BrN4/c17-12-4-5-14-13(9-12)16(21-7-2-8-21)20-15(19-14)11-3-1-6-18-10-11/h1,3-6,9-10H,2,7-8H2. The monoisotopic (exact) mass is 340 g/mol. The van der Waals surface area contributed by atoms with Crippen molar-refractivity contribution in [1.29, 1.82) is 0 Å². The van der Waals surface area contributed by atoms with Crippen LogP contribution in [0.4, 0.5) is 5.82 Å². The fourth-order valence-corrected chi connectivity index (χ4v) is 2.84. The van der Waals surface area contributed by atoms with Crippen molar-refractivity contribution in [1.82, 2.24) is 15.0 Å². The van der Waals surface area contributed by atoms with Crippen molar-refractivity contribution in [2.75, 3.05) is 18.0 Å². The van der Waals surface area contributed by atoms with Crippen molar-refractivity contribution in [2.24, 2.45) is 0 Å². The second-order valence-corrected chi connectivity index (χ2v) is 6.03. The maximum absolute atomic E-state index is 4.79. The van der Waals surface area contributed by atoms with E-state index in [-0.39, 0.29) is 0 Å². The van der Waals surface area contributed by atoms with Crippen molar-refractivity contribution >= 4 is 32.7 Å². The van der Waals surface area contributed by atoms with Gasteiger partial charge in [0.25, 0.3) is 0 Å². The summed E-state index contributed by atoms with van der Waals surface area (Å²) in [7, 11) is 0. The zero-order valence-electron chi connectivity index (χ0n) is 11.3. The molecular weight excluding hydrogens is 328 g/mol. The number of anilines is 1. The van der Waals surface area contributed by atoms with Crippen LogP contribution in [0.25, 0.3) is 22.3 Å². The Hall–Kier alpha value is -2.01. The van der Waals surface area contributed by atoms with Gasteiger partial charge in [-0.15, -0.1) is 0 Å². The summed E-state index contributed by atoms with van der Waals surface area (Å²) >= 11 is 3.53. The minimum atomic E-state index is 0.736. The fraction of sp³-hybridized carbons (Fsp3) is 0.188. The van der Waals surface area contributed by atoms with Crippen molar-refractivity contribution in [3.05, 3.63) is 47.2 Å². The number of halogens is 1. The molecule has 1 aliphatic rings. The van der Waals surface area contributed by atoms with Gasteiger partial charge in [-0.2, -0.15) is 0 Å². The van der Waals surface area contributed by atoms with Gasteiger partial charge in [0, 0.05) is 40.9 Å². The van der Waals surface area contributed by atoms with E-state index in [0.29, 0.717) is 0 Å². The van der Waals surface area contributed by atoms with E-state index >= 15 is 0 Å². The van der Waals surface area contributed by atoms with E-state index in [1.807, 2.05) is 24.3 Å². The third kappa shape index (κ3) is 2.27. The van der Waals surface area contributed by atoms with E-state index in [1.165, 1.54) is 6.42 Å². The average Bonchev–Trinajstić information content (AvgIpc) is 2.46. The molecule has 0 bridgehead atoms. The molecule has 0 unspecified atom stereocenters. The summed E-state index contributed by atoms with van der Waals surface area (Å²) in [5, 5.41) is 1.09. The molecule has 3 aromatic rings. The molecule has 0 saturated carbocycles. The van der Waals surface area contributed by atoms with Gasteiger partial charge in [-0.05, 0) is 36.8 Å². The number of fused-ring (bicyclic) bond motifs is 1. The Morgan fingerprint density at radius 3 is 2.71 bits per heavy atom. The van der Waals surface area contributed by atoms with Crippen LogP contribution in [0.5, 0.6) is 0 Å². The summed E-state index contributed by atoms with van der Waals surface area (Å²) in [5.41, 5.74) is 1.91. The van der Waals surface area contributed by atoms with E-state index in [4.69, 9.17) is 4.98 Å². The van der Waals surface area contributed by atoms with Crippen LogP contribution in [0.2, 0.25) is 0 Å². The first-order chi connectivity index (χ1) is 10.3. The first kappa shape index (κ1) is 12.7. The van der Waals surface area contributed by atoms with Gasteiger partial charge < -0.3 is 4.90 Å². The first-order valence-electron chi connectivity index (χ1n) is 6.94. The highest BCUT2D eigenvalue weighted by Crippen LogP contribution is 2.31. The maximum atomic E-state index is 4.79. The van der Waals surface area contributed by atoms with Gasteiger partial charge in [0.1, 0.15) is 5.82 Å². The molecule has 0 atom stereocenters. The molecule has 1 aliphatic heterocycles. The Kier molecular flexibility index (Phi) is 3.07. The Labute approximate surface area is 131 Å². The lowest BCUT2D eigenvalue weighted by molar-refractivity contribution is 0.612. The molecule has 3 heterocycles. The zero-order chi connectivity index (χ0) is 14.2. The molecule has 4 nitrogen and oxygen atoms in total.